The molecule has 2 aromatic carbocycles. The van der Waals surface area contributed by atoms with E-state index in [2.05, 4.69) is 9.88 Å². The molecule has 1 N–H and O–H groups in total. The number of hydrogen-bond acceptors (Lipinski definition) is 5. The summed E-state index contributed by atoms with van der Waals surface area (Å²) in [7, 11) is 0. The Hall–Kier alpha value is -3.23. The lowest BCUT2D eigenvalue weighted by Gasteiger charge is -2.39. The van der Waals surface area contributed by atoms with Crippen molar-refractivity contribution in [2.45, 2.75) is 38.3 Å². The topological polar surface area (TPSA) is 62.7 Å². The predicted molar refractivity (Wildman–Crippen MR) is 126 cm³/mol. The van der Waals surface area contributed by atoms with Gasteiger partial charge in [-0.1, -0.05) is 30.3 Å². The van der Waals surface area contributed by atoms with Gasteiger partial charge in [-0.2, -0.15) is 0 Å². The Balaban J connectivity index is 1.28. The molecule has 0 aliphatic carbocycles. The molecule has 1 aliphatic heterocycles. The number of carbonyl (C=O) groups excluding carboxylic acids is 1. The highest BCUT2D eigenvalue weighted by atomic mass is 19.3. The van der Waals surface area contributed by atoms with Gasteiger partial charge in [0.1, 0.15) is 17.7 Å². The largest absolute Gasteiger partial charge is 0.486 e. The summed E-state index contributed by atoms with van der Waals surface area (Å²) in [6, 6.07) is 14.3. The Morgan fingerprint density at radius 2 is 1.89 bits per heavy atom. The Morgan fingerprint density at radius 1 is 1.14 bits per heavy atom. The molecule has 35 heavy (non-hydrogen) atoms. The molecule has 8 heteroatoms. The van der Waals surface area contributed by atoms with Gasteiger partial charge in [-0.15, -0.1) is 0 Å². The summed E-state index contributed by atoms with van der Waals surface area (Å²) in [6.07, 6.45) is 1.98. The van der Waals surface area contributed by atoms with Crippen LogP contribution < -0.4 is 4.74 Å². The number of aliphatic hydroxyl groups excluding tert-OH is 1. The van der Waals surface area contributed by atoms with Crippen molar-refractivity contribution < 1.29 is 27.8 Å². The van der Waals surface area contributed by atoms with Crippen molar-refractivity contribution in [3.63, 3.8) is 0 Å². The third-order valence-electron chi connectivity index (χ3n) is 5.96. The van der Waals surface area contributed by atoms with Crippen LogP contribution in [0.15, 0.2) is 60.8 Å². The van der Waals surface area contributed by atoms with Crippen molar-refractivity contribution in [1.29, 1.82) is 0 Å². The highest BCUT2D eigenvalue weighted by Gasteiger charge is 2.29. The molecule has 4 rings (SSSR count). The molecule has 1 aromatic heterocycles. The Morgan fingerprint density at radius 3 is 2.49 bits per heavy atom. The number of nitrogens with zero attached hydrogens (tertiary/aromatic N) is 2. The fraction of sp³-hybridized carbons (Fsp3) is 0.333. The second-order valence-corrected chi connectivity index (χ2v) is 8.84. The van der Waals surface area contributed by atoms with E-state index in [1.807, 2.05) is 0 Å². The number of alkyl halides is 2. The van der Waals surface area contributed by atoms with E-state index in [0.717, 1.165) is 12.5 Å². The molecule has 0 radical (unpaired) electrons. The number of carbonyl (C=O) groups is 1. The van der Waals surface area contributed by atoms with Crippen LogP contribution in [0.25, 0.3) is 11.3 Å². The molecule has 1 saturated heterocycles. The van der Waals surface area contributed by atoms with Gasteiger partial charge in [0.05, 0.1) is 17.5 Å². The quantitative estimate of drug-likeness (QED) is 0.400. The van der Waals surface area contributed by atoms with E-state index in [1.54, 1.807) is 36.5 Å². The molecule has 0 atom stereocenters. The van der Waals surface area contributed by atoms with Crippen molar-refractivity contribution >= 4 is 5.78 Å². The average Bonchev–Trinajstić information content (AvgIpc) is 2.81. The highest BCUT2D eigenvalue weighted by Crippen LogP contribution is 2.28. The lowest BCUT2D eigenvalue weighted by atomic mass is 10.0. The van der Waals surface area contributed by atoms with Gasteiger partial charge in [-0.25, -0.2) is 13.2 Å². The lowest BCUT2D eigenvalue weighted by Crippen LogP contribution is -2.53. The smallest absolute Gasteiger partial charge is 0.270 e. The number of likely N-dealkylation sites (tertiary alicyclic amines) is 1. The molecule has 5 nitrogen and oxygen atoms in total. The SMILES string of the molecule is CC(F)(F)c1ccc(CN2CC(Oc3ccc(-c4ccc(C(=O)CCCO)c(F)c4)nc3)C2)cc1. The molecule has 0 amide bonds. The zero-order valence-electron chi connectivity index (χ0n) is 19.4. The van der Waals surface area contributed by atoms with E-state index in [9.17, 15) is 18.0 Å². The number of benzene rings is 2. The number of aromatic nitrogens is 1. The first-order valence-corrected chi connectivity index (χ1v) is 11.5. The summed E-state index contributed by atoms with van der Waals surface area (Å²) < 4.78 is 47.0. The number of ketones is 1. The average molecular weight is 485 g/mol. The minimum absolute atomic E-state index is 0.00330. The first-order chi connectivity index (χ1) is 16.7. The van der Waals surface area contributed by atoms with Crippen LogP contribution in [-0.2, 0) is 12.5 Å². The molecule has 0 unspecified atom stereocenters. The van der Waals surface area contributed by atoms with Gasteiger partial charge in [-0.05, 0) is 36.2 Å². The zero-order chi connectivity index (χ0) is 25.0. The van der Waals surface area contributed by atoms with Crippen LogP contribution in [0, 0.1) is 5.82 Å². The van der Waals surface area contributed by atoms with Crippen LogP contribution in [0.3, 0.4) is 0 Å². The Bertz CT molecular complexity index is 1160. The molecule has 0 spiro atoms. The van der Waals surface area contributed by atoms with Gasteiger partial charge in [-0.3, -0.25) is 14.7 Å². The number of pyridine rings is 1. The summed E-state index contributed by atoms with van der Waals surface area (Å²) in [5.74, 6) is -3.19. The Labute approximate surface area is 202 Å². The molecule has 1 fully saturated rings. The van der Waals surface area contributed by atoms with E-state index in [4.69, 9.17) is 9.84 Å². The molecular weight excluding hydrogens is 457 g/mol. The number of Topliss-reactive ketones (excluding diaryl/α,β-unsaturated/α-hetero) is 1. The zero-order valence-corrected chi connectivity index (χ0v) is 19.4. The van der Waals surface area contributed by atoms with Crippen molar-refractivity contribution in [2.24, 2.45) is 0 Å². The second kappa shape index (κ2) is 10.6. The number of rotatable bonds is 10. The maximum absolute atomic E-state index is 14.4. The minimum Gasteiger partial charge on any atom is -0.486 e. The standard InChI is InChI=1S/C27H27F3N2O3/c1-27(29,30)20-7-4-18(5-8-20)15-32-16-22(17-32)35-21-9-11-25(31-14-21)19-6-10-23(24(28)13-19)26(34)3-2-12-33/h4-11,13-14,22,33H,2-3,12,15-17H2,1H3. The number of halogens is 3. The van der Waals surface area contributed by atoms with Gasteiger partial charge in [0.25, 0.3) is 5.92 Å². The van der Waals surface area contributed by atoms with E-state index < -0.39 is 11.7 Å². The monoisotopic (exact) mass is 484 g/mol. The van der Waals surface area contributed by atoms with Gasteiger partial charge in [0, 0.05) is 50.7 Å². The van der Waals surface area contributed by atoms with Gasteiger partial charge in [0.15, 0.2) is 5.78 Å². The molecular formula is C27H27F3N2O3. The maximum Gasteiger partial charge on any atom is 0.270 e. The molecule has 0 saturated carbocycles. The highest BCUT2D eigenvalue weighted by molar-refractivity contribution is 5.96. The van der Waals surface area contributed by atoms with Gasteiger partial charge in [0.2, 0.25) is 0 Å². The molecule has 184 valence electrons. The van der Waals surface area contributed by atoms with E-state index in [0.29, 0.717) is 43.1 Å². The summed E-state index contributed by atoms with van der Waals surface area (Å²) in [5, 5.41) is 8.84. The Kier molecular flexibility index (Phi) is 7.52. The van der Waals surface area contributed by atoms with Crippen LogP contribution in [0.4, 0.5) is 13.2 Å². The molecule has 0 bridgehead atoms. The minimum atomic E-state index is -2.84. The van der Waals surface area contributed by atoms with Crippen LogP contribution in [-0.4, -0.2) is 46.6 Å². The predicted octanol–water partition coefficient (Wildman–Crippen LogP) is 5.22. The fourth-order valence-corrected chi connectivity index (χ4v) is 3.98. The normalized spacial score (nSPS) is 14.5. The van der Waals surface area contributed by atoms with Crippen LogP contribution >= 0.6 is 0 Å². The summed E-state index contributed by atoms with van der Waals surface area (Å²) in [5.41, 5.74) is 2.09. The first kappa shape index (κ1) is 24.9. The van der Waals surface area contributed by atoms with E-state index >= 15 is 0 Å². The van der Waals surface area contributed by atoms with Crippen LogP contribution in [0.5, 0.6) is 5.75 Å². The van der Waals surface area contributed by atoms with Crippen LogP contribution in [0.1, 0.15) is 41.3 Å². The maximum atomic E-state index is 14.4. The van der Waals surface area contributed by atoms with Crippen molar-refractivity contribution in [1.82, 2.24) is 9.88 Å². The first-order valence-electron chi connectivity index (χ1n) is 11.5. The third-order valence-corrected chi connectivity index (χ3v) is 5.96. The number of ether oxygens (including phenoxy) is 1. The van der Waals surface area contributed by atoms with Gasteiger partial charge >= 0.3 is 0 Å². The van der Waals surface area contributed by atoms with E-state index in [-0.39, 0.29) is 36.0 Å². The summed E-state index contributed by atoms with van der Waals surface area (Å²) in [6.45, 7) is 2.87. The second-order valence-electron chi connectivity index (χ2n) is 8.84. The lowest BCUT2D eigenvalue weighted by molar-refractivity contribution is 0.0139. The van der Waals surface area contributed by atoms with E-state index in [1.165, 1.54) is 24.3 Å². The fourth-order valence-electron chi connectivity index (χ4n) is 3.98. The molecule has 1 aliphatic rings. The molecule has 3 aromatic rings. The molecule has 2 heterocycles. The van der Waals surface area contributed by atoms with Crippen molar-refractivity contribution in [3.8, 4) is 17.0 Å². The van der Waals surface area contributed by atoms with Crippen molar-refractivity contribution in [3.05, 3.63) is 83.3 Å². The van der Waals surface area contributed by atoms with Crippen LogP contribution in [0.2, 0.25) is 0 Å². The summed E-state index contributed by atoms with van der Waals surface area (Å²) in [4.78, 5) is 18.5. The van der Waals surface area contributed by atoms with Crippen molar-refractivity contribution in [2.75, 3.05) is 19.7 Å². The number of aliphatic hydroxyl groups is 1. The number of hydrogen-bond donors (Lipinski definition) is 1. The summed E-state index contributed by atoms with van der Waals surface area (Å²) >= 11 is 0. The third kappa shape index (κ3) is 6.26. The van der Waals surface area contributed by atoms with Gasteiger partial charge < -0.3 is 9.84 Å².